The van der Waals surface area contributed by atoms with Gasteiger partial charge in [-0.05, 0) is 29.7 Å². The Morgan fingerprint density at radius 2 is 2.10 bits per heavy atom. The molecule has 20 heavy (non-hydrogen) atoms. The van der Waals surface area contributed by atoms with Gasteiger partial charge >= 0.3 is 0 Å². The van der Waals surface area contributed by atoms with Crippen molar-refractivity contribution in [2.24, 2.45) is 5.73 Å². The van der Waals surface area contributed by atoms with Crippen molar-refractivity contribution in [3.8, 4) is 5.88 Å². The van der Waals surface area contributed by atoms with Gasteiger partial charge in [-0.25, -0.2) is 4.98 Å². The van der Waals surface area contributed by atoms with E-state index in [0.717, 1.165) is 23.4 Å². The van der Waals surface area contributed by atoms with Crippen molar-refractivity contribution < 1.29 is 4.74 Å². The van der Waals surface area contributed by atoms with Crippen molar-refractivity contribution in [3.05, 3.63) is 53.5 Å². The highest BCUT2D eigenvalue weighted by atomic mass is 16.5. The third kappa shape index (κ3) is 4.03. The second kappa shape index (κ2) is 7.01. The van der Waals surface area contributed by atoms with Crippen LogP contribution in [-0.2, 0) is 13.0 Å². The molecule has 2 aromatic rings. The Kier molecular flexibility index (Phi) is 5.07. The molecule has 0 fully saturated rings. The lowest BCUT2D eigenvalue weighted by Gasteiger charge is -2.11. The lowest BCUT2D eigenvalue weighted by atomic mass is 10.1. The van der Waals surface area contributed by atoms with Gasteiger partial charge in [0.15, 0.2) is 0 Å². The number of rotatable bonds is 6. The summed E-state index contributed by atoms with van der Waals surface area (Å²) in [7, 11) is 0. The molecular formula is C16H21N3O. The number of nitrogens with two attached hydrogens (primary N) is 1. The molecule has 0 saturated carbocycles. The van der Waals surface area contributed by atoms with Crippen LogP contribution in [0.3, 0.4) is 0 Å². The summed E-state index contributed by atoms with van der Waals surface area (Å²) in [6.45, 7) is 5.29. The monoisotopic (exact) mass is 271 g/mol. The van der Waals surface area contributed by atoms with Crippen molar-refractivity contribution in [2.45, 2.75) is 32.7 Å². The molecule has 0 aliphatic heterocycles. The van der Waals surface area contributed by atoms with E-state index in [4.69, 9.17) is 10.5 Å². The molecule has 2 rings (SSSR count). The molecule has 2 heterocycles. The number of ether oxygens (including phenoxy) is 1. The van der Waals surface area contributed by atoms with E-state index in [1.807, 2.05) is 30.3 Å². The molecule has 0 amide bonds. The summed E-state index contributed by atoms with van der Waals surface area (Å²) in [6.07, 6.45) is 2.56. The van der Waals surface area contributed by atoms with Gasteiger partial charge in [-0.1, -0.05) is 19.9 Å². The fourth-order valence-electron chi connectivity index (χ4n) is 1.88. The van der Waals surface area contributed by atoms with Crippen molar-refractivity contribution in [1.82, 2.24) is 9.97 Å². The molecule has 4 heteroatoms. The van der Waals surface area contributed by atoms with E-state index < -0.39 is 0 Å². The average molecular weight is 271 g/mol. The minimum atomic E-state index is 0.361. The van der Waals surface area contributed by atoms with Crippen molar-refractivity contribution in [3.63, 3.8) is 0 Å². The highest BCUT2D eigenvalue weighted by Gasteiger charge is 2.06. The topological polar surface area (TPSA) is 61.0 Å². The molecule has 0 saturated heterocycles. The second-order valence-electron chi connectivity index (χ2n) is 5.02. The largest absolute Gasteiger partial charge is 0.477 e. The Balaban J connectivity index is 2.00. The lowest BCUT2D eigenvalue weighted by molar-refractivity contribution is 0.306. The van der Waals surface area contributed by atoms with E-state index in [2.05, 4.69) is 23.8 Å². The van der Waals surface area contributed by atoms with Crippen LogP contribution in [0.2, 0.25) is 0 Å². The van der Waals surface area contributed by atoms with Crippen LogP contribution in [0.1, 0.15) is 36.7 Å². The van der Waals surface area contributed by atoms with E-state index in [9.17, 15) is 0 Å². The number of nitrogens with zero attached hydrogens (tertiary/aromatic N) is 2. The van der Waals surface area contributed by atoms with Crippen LogP contribution in [-0.4, -0.2) is 16.6 Å². The Bertz CT molecular complexity index is 541. The number of hydrogen-bond acceptors (Lipinski definition) is 4. The van der Waals surface area contributed by atoms with Crippen LogP contribution in [0.4, 0.5) is 0 Å². The zero-order chi connectivity index (χ0) is 14.4. The first-order chi connectivity index (χ1) is 9.69. The molecule has 0 bridgehead atoms. The zero-order valence-corrected chi connectivity index (χ0v) is 12.0. The molecule has 0 atom stereocenters. The smallest absolute Gasteiger partial charge is 0.213 e. The van der Waals surface area contributed by atoms with Crippen molar-refractivity contribution in [1.29, 1.82) is 0 Å². The summed E-state index contributed by atoms with van der Waals surface area (Å²) in [6, 6.07) is 9.82. The van der Waals surface area contributed by atoms with Crippen LogP contribution in [0.25, 0.3) is 0 Å². The molecule has 0 unspecified atom stereocenters. The van der Waals surface area contributed by atoms with E-state index in [0.29, 0.717) is 24.9 Å². The summed E-state index contributed by atoms with van der Waals surface area (Å²) in [5, 5.41) is 0. The quantitative estimate of drug-likeness (QED) is 0.877. The normalized spacial score (nSPS) is 10.8. The van der Waals surface area contributed by atoms with Gasteiger partial charge in [-0.3, -0.25) is 4.98 Å². The van der Waals surface area contributed by atoms with Crippen LogP contribution in [0.15, 0.2) is 36.5 Å². The molecule has 4 nitrogen and oxygen atoms in total. The van der Waals surface area contributed by atoms with Gasteiger partial charge in [-0.2, -0.15) is 0 Å². The maximum Gasteiger partial charge on any atom is 0.213 e. The van der Waals surface area contributed by atoms with Crippen LogP contribution in [0, 0.1) is 0 Å². The van der Waals surface area contributed by atoms with E-state index in [1.165, 1.54) is 0 Å². The minimum Gasteiger partial charge on any atom is -0.477 e. The fourth-order valence-corrected chi connectivity index (χ4v) is 1.88. The lowest BCUT2D eigenvalue weighted by Crippen LogP contribution is -2.07. The Morgan fingerprint density at radius 3 is 2.75 bits per heavy atom. The van der Waals surface area contributed by atoms with Crippen LogP contribution >= 0.6 is 0 Å². The van der Waals surface area contributed by atoms with Crippen molar-refractivity contribution >= 4 is 0 Å². The zero-order valence-electron chi connectivity index (χ0n) is 12.0. The average Bonchev–Trinajstić information content (AvgIpc) is 2.48. The summed E-state index contributed by atoms with van der Waals surface area (Å²) < 4.78 is 5.74. The Morgan fingerprint density at radius 1 is 1.25 bits per heavy atom. The van der Waals surface area contributed by atoms with Gasteiger partial charge in [0, 0.05) is 36.6 Å². The molecule has 2 N–H and O–H groups in total. The first-order valence-electron chi connectivity index (χ1n) is 6.92. The number of hydrogen-bond donors (Lipinski definition) is 1. The molecule has 2 aromatic heterocycles. The standard InChI is InChI=1S/C16H21N3O/c1-12(2)15-9-13(11-17)10-16(19-15)20-8-6-14-5-3-4-7-18-14/h3-5,7,9-10,12H,6,8,11,17H2,1-2H3. The molecular weight excluding hydrogens is 250 g/mol. The first kappa shape index (κ1) is 14.5. The molecule has 0 spiro atoms. The van der Waals surface area contributed by atoms with Gasteiger partial charge in [0.25, 0.3) is 0 Å². The van der Waals surface area contributed by atoms with Crippen molar-refractivity contribution in [2.75, 3.05) is 6.61 Å². The van der Waals surface area contributed by atoms with E-state index >= 15 is 0 Å². The van der Waals surface area contributed by atoms with Gasteiger partial charge in [-0.15, -0.1) is 0 Å². The molecule has 0 radical (unpaired) electrons. The maximum absolute atomic E-state index is 5.74. The molecule has 106 valence electrons. The summed E-state index contributed by atoms with van der Waals surface area (Å²) >= 11 is 0. The summed E-state index contributed by atoms with van der Waals surface area (Å²) in [5.41, 5.74) is 8.80. The molecule has 0 aromatic carbocycles. The third-order valence-corrected chi connectivity index (χ3v) is 3.04. The summed E-state index contributed by atoms with van der Waals surface area (Å²) in [4.78, 5) is 8.78. The SMILES string of the molecule is CC(C)c1cc(CN)cc(OCCc2ccccn2)n1. The minimum absolute atomic E-state index is 0.361. The third-order valence-electron chi connectivity index (χ3n) is 3.04. The predicted octanol–water partition coefficient (Wildman–Crippen LogP) is 2.68. The second-order valence-corrected chi connectivity index (χ2v) is 5.02. The van der Waals surface area contributed by atoms with Crippen LogP contribution < -0.4 is 10.5 Å². The molecule has 0 aliphatic rings. The number of aromatic nitrogens is 2. The molecule has 0 aliphatic carbocycles. The Labute approximate surface area is 120 Å². The van der Waals surface area contributed by atoms with E-state index in [1.54, 1.807) is 6.20 Å². The van der Waals surface area contributed by atoms with Gasteiger partial charge in [0.1, 0.15) is 0 Å². The predicted molar refractivity (Wildman–Crippen MR) is 79.7 cm³/mol. The maximum atomic E-state index is 5.74. The van der Waals surface area contributed by atoms with E-state index in [-0.39, 0.29) is 0 Å². The first-order valence-corrected chi connectivity index (χ1v) is 6.92. The summed E-state index contributed by atoms with van der Waals surface area (Å²) in [5.74, 6) is 1.01. The number of pyridine rings is 2. The highest BCUT2D eigenvalue weighted by molar-refractivity contribution is 5.26. The highest BCUT2D eigenvalue weighted by Crippen LogP contribution is 2.19. The Hall–Kier alpha value is -1.94. The van der Waals surface area contributed by atoms with Gasteiger partial charge < -0.3 is 10.5 Å². The van der Waals surface area contributed by atoms with Gasteiger partial charge in [0.2, 0.25) is 5.88 Å². The van der Waals surface area contributed by atoms with Crippen LogP contribution in [0.5, 0.6) is 5.88 Å². The fraction of sp³-hybridized carbons (Fsp3) is 0.375. The van der Waals surface area contributed by atoms with Gasteiger partial charge in [0.05, 0.1) is 6.61 Å².